The molecule has 2 N–H and O–H groups in total. The van der Waals surface area contributed by atoms with Crippen molar-refractivity contribution in [1.82, 2.24) is 5.32 Å². The summed E-state index contributed by atoms with van der Waals surface area (Å²) in [6.45, 7) is 2.63. The Hall–Kier alpha value is -1.91. The van der Waals surface area contributed by atoms with Crippen molar-refractivity contribution >= 4 is 16.7 Å². The number of rotatable bonds is 6. The second kappa shape index (κ2) is 6.03. The number of carboxylic acid groups (broad SMARTS) is 1. The van der Waals surface area contributed by atoms with Crippen molar-refractivity contribution < 1.29 is 14.6 Å². The van der Waals surface area contributed by atoms with Crippen LogP contribution >= 0.6 is 0 Å². The highest BCUT2D eigenvalue weighted by Gasteiger charge is 2.35. The molecule has 2 aromatic carbocycles. The summed E-state index contributed by atoms with van der Waals surface area (Å²) in [5.41, 5.74) is -0.376. The van der Waals surface area contributed by atoms with Gasteiger partial charge in [-0.25, -0.2) is 4.79 Å². The van der Waals surface area contributed by atoms with Gasteiger partial charge in [-0.3, -0.25) is 5.32 Å². The Morgan fingerprint density at radius 3 is 2.65 bits per heavy atom. The molecule has 0 spiro atoms. The zero-order valence-electron chi connectivity index (χ0n) is 11.7. The van der Waals surface area contributed by atoms with Crippen LogP contribution in [0.15, 0.2) is 42.5 Å². The molecule has 0 aliphatic rings. The van der Waals surface area contributed by atoms with Gasteiger partial charge in [0, 0.05) is 13.7 Å². The van der Waals surface area contributed by atoms with Crippen molar-refractivity contribution in [2.24, 2.45) is 0 Å². The van der Waals surface area contributed by atoms with Gasteiger partial charge < -0.3 is 9.84 Å². The lowest BCUT2D eigenvalue weighted by Crippen LogP contribution is -2.48. The summed E-state index contributed by atoms with van der Waals surface area (Å²) in [7, 11) is 1.59. The first-order valence-corrected chi connectivity index (χ1v) is 6.55. The van der Waals surface area contributed by atoms with Crippen LogP contribution in [0.5, 0.6) is 0 Å². The van der Waals surface area contributed by atoms with Crippen molar-refractivity contribution in [2.75, 3.05) is 20.3 Å². The van der Waals surface area contributed by atoms with E-state index in [-0.39, 0.29) is 0 Å². The Morgan fingerprint density at radius 1 is 1.25 bits per heavy atom. The molecule has 0 aromatic heterocycles. The van der Waals surface area contributed by atoms with Crippen LogP contribution in [0.25, 0.3) is 10.8 Å². The number of hydrogen-bond acceptors (Lipinski definition) is 3. The van der Waals surface area contributed by atoms with E-state index < -0.39 is 11.5 Å². The minimum Gasteiger partial charge on any atom is -0.480 e. The van der Waals surface area contributed by atoms with Crippen LogP contribution in [0, 0.1) is 0 Å². The zero-order valence-corrected chi connectivity index (χ0v) is 11.7. The third-order valence-electron chi connectivity index (χ3n) is 3.54. The molecule has 2 rings (SSSR count). The average molecular weight is 273 g/mol. The maximum atomic E-state index is 11.8. The molecule has 0 aliphatic carbocycles. The van der Waals surface area contributed by atoms with Gasteiger partial charge in [0.25, 0.3) is 0 Å². The fraction of sp³-hybridized carbons (Fsp3) is 0.312. The zero-order chi connectivity index (χ0) is 14.6. The summed E-state index contributed by atoms with van der Waals surface area (Å²) < 4.78 is 4.98. The van der Waals surface area contributed by atoms with Crippen LogP contribution in [-0.4, -0.2) is 31.3 Å². The SMILES string of the molecule is COCCNC(C)(C(=O)O)c1cccc2ccccc12. The van der Waals surface area contributed by atoms with Crippen LogP contribution in [0.3, 0.4) is 0 Å². The fourth-order valence-electron chi connectivity index (χ4n) is 2.35. The van der Waals surface area contributed by atoms with E-state index in [4.69, 9.17) is 4.74 Å². The molecular formula is C16H19NO3. The number of carboxylic acids is 1. The molecule has 0 amide bonds. The lowest BCUT2D eigenvalue weighted by atomic mass is 9.88. The Morgan fingerprint density at radius 2 is 1.95 bits per heavy atom. The number of carbonyl (C=O) groups is 1. The second-order valence-corrected chi connectivity index (χ2v) is 4.88. The van der Waals surface area contributed by atoms with Gasteiger partial charge >= 0.3 is 5.97 Å². The third kappa shape index (κ3) is 2.66. The smallest absolute Gasteiger partial charge is 0.328 e. The number of ether oxygens (including phenoxy) is 1. The van der Waals surface area contributed by atoms with E-state index in [9.17, 15) is 9.90 Å². The number of benzene rings is 2. The van der Waals surface area contributed by atoms with Gasteiger partial charge in [-0.1, -0.05) is 42.5 Å². The quantitative estimate of drug-likeness (QED) is 0.793. The molecule has 1 unspecified atom stereocenters. The van der Waals surface area contributed by atoms with Crippen LogP contribution < -0.4 is 5.32 Å². The topological polar surface area (TPSA) is 58.6 Å². The normalized spacial score (nSPS) is 14.1. The molecule has 0 bridgehead atoms. The fourth-order valence-corrected chi connectivity index (χ4v) is 2.35. The van der Waals surface area contributed by atoms with Gasteiger partial charge in [-0.2, -0.15) is 0 Å². The second-order valence-electron chi connectivity index (χ2n) is 4.88. The van der Waals surface area contributed by atoms with Crippen molar-refractivity contribution in [1.29, 1.82) is 0 Å². The molecule has 20 heavy (non-hydrogen) atoms. The summed E-state index contributed by atoms with van der Waals surface area (Å²) in [4.78, 5) is 11.8. The number of aliphatic carboxylic acids is 1. The maximum Gasteiger partial charge on any atom is 0.328 e. The molecule has 0 saturated carbocycles. The maximum absolute atomic E-state index is 11.8. The van der Waals surface area contributed by atoms with Crippen LogP contribution in [0.2, 0.25) is 0 Å². The van der Waals surface area contributed by atoms with E-state index in [1.807, 2.05) is 42.5 Å². The first-order valence-electron chi connectivity index (χ1n) is 6.55. The van der Waals surface area contributed by atoms with E-state index in [0.29, 0.717) is 13.2 Å². The summed E-state index contributed by atoms with van der Waals surface area (Å²) in [6.07, 6.45) is 0. The van der Waals surface area contributed by atoms with Gasteiger partial charge in [-0.05, 0) is 23.3 Å². The molecular weight excluding hydrogens is 254 g/mol. The molecule has 0 heterocycles. The van der Waals surface area contributed by atoms with E-state index >= 15 is 0 Å². The highest BCUT2D eigenvalue weighted by atomic mass is 16.5. The molecule has 1 atom stereocenters. The number of fused-ring (bicyclic) bond motifs is 1. The number of hydrogen-bond donors (Lipinski definition) is 2. The van der Waals surface area contributed by atoms with Gasteiger partial charge in [0.05, 0.1) is 6.61 Å². The average Bonchev–Trinajstić information content (AvgIpc) is 2.46. The summed E-state index contributed by atoms with van der Waals surface area (Å²) in [6, 6.07) is 13.5. The summed E-state index contributed by atoms with van der Waals surface area (Å²) >= 11 is 0. The Balaban J connectivity index is 2.49. The predicted octanol–water partition coefficient (Wildman–Crippen LogP) is 2.38. The highest BCUT2D eigenvalue weighted by molar-refractivity contribution is 5.92. The van der Waals surface area contributed by atoms with Crippen LogP contribution in [0.4, 0.5) is 0 Å². The van der Waals surface area contributed by atoms with E-state index in [2.05, 4.69) is 5.32 Å². The van der Waals surface area contributed by atoms with Crippen LogP contribution in [0.1, 0.15) is 12.5 Å². The first-order chi connectivity index (χ1) is 9.59. The van der Waals surface area contributed by atoms with E-state index in [1.165, 1.54) is 0 Å². The van der Waals surface area contributed by atoms with Gasteiger partial charge in [0.1, 0.15) is 5.54 Å². The summed E-state index contributed by atoms with van der Waals surface area (Å²) in [5, 5.41) is 14.7. The standard InChI is InChI=1S/C16H19NO3/c1-16(15(18)19,17-10-11-20-2)14-9-5-7-12-6-3-4-8-13(12)14/h3-9,17H,10-11H2,1-2H3,(H,18,19). The predicted molar refractivity (Wildman–Crippen MR) is 78.8 cm³/mol. The lowest BCUT2D eigenvalue weighted by molar-refractivity contribution is -0.144. The summed E-state index contributed by atoms with van der Waals surface area (Å²) in [5.74, 6) is -0.898. The van der Waals surface area contributed by atoms with Gasteiger partial charge in [0.15, 0.2) is 0 Å². The number of methoxy groups -OCH3 is 1. The minimum atomic E-state index is -1.14. The third-order valence-corrected chi connectivity index (χ3v) is 3.54. The van der Waals surface area contributed by atoms with Crippen molar-refractivity contribution in [3.63, 3.8) is 0 Å². The van der Waals surface area contributed by atoms with Gasteiger partial charge in [-0.15, -0.1) is 0 Å². The lowest BCUT2D eigenvalue weighted by Gasteiger charge is -2.28. The highest BCUT2D eigenvalue weighted by Crippen LogP contribution is 2.29. The molecule has 4 heteroatoms. The van der Waals surface area contributed by atoms with Crippen LogP contribution in [-0.2, 0) is 15.1 Å². The Bertz CT molecular complexity index is 606. The number of nitrogens with one attached hydrogen (secondary N) is 1. The van der Waals surface area contributed by atoms with E-state index in [1.54, 1.807) is 14.0 Å². The Labute approximate surface area is 118 Å². The molecule has 106 valence electrons. The minimum absolute atomic E-state index is 0.466. The van der Waals surface area contributed by atoms with E-state index in [0.717, 1.165) is 16.3 Å². The monoisotopic (exact) mass is 273 g/mol. The largest absolute Gasteiger partial charge is 0.480 e. The van der Waals surface area contributed by atoms with Crippen molar-refractivity contribution in [3.05, 3.63) is 48.0 Å². The first kappa shape index (κ1) is 14.5. The molecule has 2 aromatic rings. The Kier molecular flexibility index (Phi) is 4.37. The molecule has 0 fully saturated rings. The molecule has 4 nitrogen and oxygen atoms in total. The van der Waals surface area contributed by atoms with Crippen molar-refractivity contribution in [3.8, 4) is 0 Å². The van der Waals surface area contributed by atoms with Gasteiger partial charge in [0.2, 0.25) is 0 Å². The van der Waals surface area contributed by atoms with Crippen molar-refractivity contribution in [2.45, 2.75) is 12.5 Å². The molecule has 0 saturated heterocycles. The molecule has 0 radical (unpaired) electrons. The molecule has 0 aliphatic heterocycles.